The van der Waals surface area contributed by atoms with Gasteiger partial charge in [-0.15, -0.1) is 0 Å². The van der Waals surface area contributed by atoms with Crippen molar-refractivity contribution in [3.05, 3.63) is 0 Å². The Balaban J connectivity index is 0. The zero-order valence-corrected chi connectivity index (χ0v) is 10.9. The SMILES string of the molecule is CC.CC.CC(=O)C(C)C1CCCC1. The predicted octanol–water partition coefficient (Wildman–Crippen LogP) is 4.45. The molecule has 1 rings (SSSR count). The first-order valence-electron chi connectivity index (χ1n) is 6.22. The molecule has 1 unspecified atom stereocenters. The lowest BCUT2D eigenvalue weighted by atomic mass is 9.90. The van der Waals surface area contributed by atoms with Gasteiger partial charge < -0.3 is 0 Å². The summed E-state index contributed by atoms with van der Waals surface area (Å²) in [4.78, 5) is 10.9. The highest BCUT2D eigenvalue weighted by atomic mass is 16.1. The maximum absolute atomic E-state index is 10.9. The largest absolute Gasteiger partial charge is 0.300 e. The van der Waals surface area contributed by atoms with Gasteiger partial charge in [0.1, 0.15) is 5.78 Å². The molecule has 0 aromatic carbocycles. The van der Waals surface area contributed by atoms with Crippen LogP contribution >= 0.6 is 0 Å². The second-order valence-corrected chi connectivity index (χ2v) is 3.44. The van der Waals surface area contributed by atoms with Gasteiger partial charge in [-0.2, -0.15) is 0 Å². The molecular weight excluding hydrogens is 172 g/mol. The van der Waals surface area contributed by atoms with Crippen LogP contribution in [0, 0.1) is 11.8 Å². The lowest BCUT2D eigenvalue weighted by Crippen LogP contribution is -2.15. The van der Waals surface area contributed by atoms with Crippen LogP contribution in [0.15, 0.2) is 0 Å². The molecule has 0 aliphatic heterocycles. The number of hydrogen-bond donors (Lipinski definition) is 0. The van der Waals surface area contributed by atoms with E-state index in [2.05, 4.69) is 6.92 Å². The maximum Gasteiger partial charge on any atom is 0.132 e. The standard InChI is InChI=1S/C9H16O.2C2H6/c1-7(8(2)10)9-5-3-4-6-9;2*1-2/h7,9H,3-6H2,1-2H3;2*1-2H3. The van der Waals surface area contributed by atoms with Crippen molar-refractivity contribution in [3.63, 3.8) is 0 Å². The van der Waals surface area contributed by atoms with Gasteiger partial charge in [-0.05, 0) is 25.7 Å². The molecule has 1 nitrogen and oxygen atoms in total. The van der Waals surface area contributed by atoms with E-state index in [1.54, 1.807) is 6.92 Å². The summed E-state index contributed by atoms with van der Waals surface area (Å²) >= 11 is 0. The Labute approximate surface area is 90.3 Å². The van der Waals surface area contributed by atoms with Crippen molar-refractivity contribution in [2.75, 3.05) is 0 Å². The lowest BCUT2D eigenvalue weighted by Gasteiger charge is -2.14. The number of carbonyl (C=O) groups excluding carboxylic acids is 1. The number of rotatable bonds is 2. The average Bonchev–Trinajstić information content (AvgIpc) is 2.75. The molecule has 0 saturated heterocycles. The monoisotopic (exact) mass is 200 g/mol. The summed E-state index contributed by atoms with van der Waals surface area (Å²) in [5.74, 6) is 1.40. The minimum absolute atomic E-state index is 0.322. The van der Waals surface area contributed by atoms with Crippen LogP contribution in [-0.4, -0.2) is 5.78 Å². The molecule has 0 N–H and O–H groups in total. The van der Waals surface area contributed by atoms with Gasteiger partial charge in [-0.3, -0.25) is 4.79 Å². The summed E-state index contributed by atoms with van der Waals surface area (Å²) in [5.41, 5.74) is 0. The van der Waals surface area contributed by atoms with Crippen LogP contribution in [-0.2, 0) is 4.79 Å². The van der Waals surface area contributed by atoms with Crippen molar-refractivity contribution < 1.29 is 4.79 Å². The maximum atomic E-state index is 10.9. The molecular formula is C13H28O. The van der Waals surface area contributed by atoms with Crippen molar-refractivity contribution in [1.82, 2.24) is 0 Å². The lowest BCUT2D eigenvalue weighted by molar-refractivity contribution is -0.121. The Morgan fingerprint density at radius 3 is 1.71 bits per heavy atom. The quantitative estimate of drug-likeness (QED) is 0.643. The highest BCUT2D eigenvalue weighted by Gasteiger charge is 2.23. The fraction of sp³-hybridized carbons (Fsp3) is 0.923. The molecule has 0 aromatic heterocycles. The molecule has 0 heterocycles. The summed E-state index contributed by atoms with van der Waals surface area (Å²) in [6.45, 7) is 11.8. The first kappa shape index (κ1) is 16.1. The van der Waals surface area contributed by atoms with Gasteiger partial charge in [-0.25, -0.2) is 0 Å². The Hall–Kier alpha value is -0.330. The van der Waals surface area contributed by atoms with E-state index in [4.69, 9.17) is 0 Å². The van der Waals surface area contributed by atoms with E-state index in [1.165, 1.54) is 25.7 Å². The van der Waals surface area contributed by atoms with E-state index in [-0.39, 0.29) is 0 Å². The minimum Gasteiger partial charge on any atom is -0.300 e. The van der Waals surface area contributed by atoms with E-state index in [1.807, 2.05) is 27.7 Å². The van der Waals surface area contributed by atoms with Gasteiger partial charge in [-0.1, -0.05) is 47.5 Å². The fourth-order valence-corrected chi connectivity index (χ4v) is 1.79. The van der Waals surface area contributed by atoms with Crippen LogP contribution in [0.3, 0.4) is 0 Å². The van der Waals surface area contributed by atoms with Crippen LogP contribution in [0.2, 0.25) is 0 Å². The third-order valence-corrected chi connectivity index (χ3v) is 2.75. The van der Waals surface area contributed by atoms with Crippen molar-refractivity contribution in [2.24, 2.45) is 11.8 Å². The smallest absolute Gasteiger partial charge is 0.132 e. The fourth-order valence-electron chi connectivity index (χ4n) is 1.79. The molecule has 1 atom stereocenters. The normalized spacial score (nSPS) is 17.3. The van der Waals surface area contributed by atoms with Crippen LogP contribution < -0.4 is 0 Å². The molecule has 0 amide bonds. The molecule has 1 aliphatic carbocycles. The highest BCUT2D eigenvalue weighted by molar-refractivity contribution is 5.78. The number of hydrogen-bond acceptors (Lipinski definition) is 1. The van der Waals surface area contributed by atoms with Gasteiger partial charge in [0.25, 0.3) is 0 Å². The van der Waals surface area contributed by atoms with Gasteiger partial charge in [0.2, 0.25) is 0 Å². The van der Waals surface area contributed by atoms with E-state index >= 15 is 0 Å². The van der Waals surface area contributed by atoms with Gasteiger partial charge in [0.05, 0.1) is 0 Å². The van der Waals surface area contributed by atoms with Crippen LogP contribution in [0.1, 0.15) is 67.2 Å². The van der Waals surface area contributed by atoms with Gasteiger partial charge in [0, 0.05) is 5.92 Å². The Morgan fingerprint density at radius 2 is 1.43 bits per heavy atom. The van der Waals surface area contributed by atoms with E-state index in [0.29, 0.717) is 17.6 Å². The Morgan fingerprint density at radius 1 is 1.07 bits per heavy atom. The average molecular weight is 200 g/mol. The van der Waals surface area contributed by atoms with E-state index < -0.39 is 0 Å². The second-order valence-electron chi connectivity index (χ2n) is 3.44. The zero-order valence-electron chi connectivity index (χ0n) is 10.9. The molecule has 0 bridgehead atoms. The molecule has 0 radical (unpaired) electrons. The number of Topliss-reactive ketones (excluding diaryl/α,β-unsaturated/α-hetero) is 1. The molecule has 86 valence electrons. The van der Waals surface area contributed by atoms with Crippen molar-refractivity contribution in [1.29, 1.82) is 0 Å². The second kappa shape index (κ2) is 10.7. The van der Waals surface area contributed by atoms with E-state index in [0.717, 1.165) is 0 Å². The number of ketones is 1. The summed E-state index contributed by atoms with van der Waals surface area (Å²) in [7, 11) is 0. The molecule has 1 saturated carbocycles. The summed E-state index contributed by atoms with van der Waals surface area (Å²) < 4.78 is 0. The van der Waals surface area contributed by atoms with Crippen LogP contribution in [0.25, 0.3) is 0 Å². The molecule has 1 fully saturated rings. The highest BCUT2D eigenvalue weighted by Crippen LogP contribution is 2.31. The third-order valence-electron chi connectivity index (χ3n) is 2.75. The third kappa shape index (κ3) is 6.17. The molecule has 1 heteroatoms. The zero-order chi connectivity index (χ0) is 11.6. The Kier molecular flexibility index (Phi) is 12.4. The first-order valence-corrected chi connectivity index (χ1v) is 6.22. The van der Waals surface area contributed by atoms with Gasteiger partial charge in [0.15, 0.2) is 0 Å². The van der Waals surface area contributed by atoms with Gasteiger partial charge >= 0.3 is 0 Å². The summed E-state index contributed by atoms with van der Waals surface area (Å²) in [6.07, 6.45) is 5.23. The number of carbonyl (C=O) groups is 1. The van der Waals surface area contributed by atoms with Crippen LogP contribution in [0.5, 0.6) is 0 Å². The van der Waals surface area contributed by atoms with Crippen LogP contribution in [0.4, 0.5) is 0 Å². The molecule has 0 spiro atoms. The van der Waals surface area contributed by atoms with Crippen molar-refractivity contribution in [2.45, 2.75) is 67.2 Å². The predicted molar refractivity (Wildman–Crippen MR) is 64.5 cm³/mol. The van der Waals surface area contributed by atoms with Crippen molar-refractivity contribution >= 4 is 5.78 Å². The minimum atomic E-state index is 0.322. The molecule has 14 heavy (non-hydrogen) atoms. The first-order chi connectivity index (χ1) is 6.72. The summed E-state index contributed by atoms with van der Waals surface area (Å²) in [6, 6.07) is 0. The Bertz CT molecular complexity index is 123. The summed E-state index contributed by atoms with van der Waals surface area (Å²) in [5, 5.41) is 0. The van der Waals surface area contributed by atoms with E-state index in [9.17, 15) is 4.79 Å². The molecule has 1 aliphatic rings. The van der Waals surface area contributed by atoms with Crippen molar-refractivity contribution in [3.8, 4) is 0 Å². The topological polar surface area (TPSA) is 17.1 Å². The molecule has 0 aromatic rings.